The van der Waals surface area contributed by atoms with E-state index in [-0.39, 0.29) is 0 Å². The lowest BCUT2D eigenvalue weighted by molar-refractivity contribution is 0.304. The summed E-state index contributed by atoms with van der Waals surface area (Å²) in [5.41, 5.74) is 0. The number of hydrogen-bond donors (Lipinski definition) is 1. The van der Waals surface area contributed by atoms with Crippen LogP contribution in [0.2, 0.25) is 0 Å². The summed E-state index contributed by atoms with van der Waals surface area (Å²) in [7, 11) is 1.96. The number of halogens is 2. The Kier molecular flexibility index (Phi) is 6.29. The number of rotatable bonds is 6. The molecule has 15 heavy (non-hydrogen) atoms. The van der Waals surface area contributed by atoms with Crippen LogP contribution in [0.4, 0.5) is 0 Å². The fraction of sp³-hybridized carbons (Fsp3) is 0.455. The van der Waals surface area contributed by atoms with Crippen molar-refractivity contribution in [3.63, 3.8) is 0 Å². The molecule has 0 amide bonds. The van der Waals surface area contributed by atoms with Crippen LogP contribution >= 0.6 is 31.9 Å². The summed E-state index contributed by atoms with van der Waals surface area (Å²) < 4.78 is 7.69. The lowest BCUT2D eigenvalue weighted by Gasteiger charge is -2.08. The normalized spacial score (nSPS) is 10.3. The zero-order chi connectivity index (χ0) is 11.1. The quantitative estimate of drug-likeness (QED) is 0.801. The van der Waals surface area contributed by atoms with Crippen molar-refractivity contribution < 1.29 is 4.74 Å². The Balaban J connectivity index is 2.31. The summed E-state index contributed by atoms with van der Waals surface area (Å²) in [5.74, 6) is 0.905. The van der Waals surface area contributed by atoms with Crippen molar-refractivity contribution in [2.75, 3.05) is 20.2 Å². The van der Waals surface area contributed by atoms with Crippen LogP contribution in [0.1, 0.15) is 12.8 Å². The number of unbranched alkanes of at least 4 members (excludes halogenated alkanes) is 1. The molecule has 1 aromatic rings. The van der Waals surface area contributed by atoms with Crippen LogP contribution in [0.15, 0.2) is 27.1 Å². The Morgan fingerprint density at radius 2 is 2.07 bits per heavy atom. The van der Waals surface area contributed by atoms with Crippen LogP contribution in [0.25, 0.3) is 0 Å². The van der Waals surface area contributed by atoms with Gasteiger partial charge in [0.1, 0.15) is 5.75 Å². The van der Waals surface area contributed by atoms with Crippen molar-refractivity contribution in [1.82, 2.24) is 5.32 Å². The molecule has 0 fully saturated rings. The fourth-order valence-corrected chi connectivity index (χ4v) is 2.34. The van der Waals surface area contributed by atoms with Crippen LogP contribution in [0.5, 0.6) is 5.75 Å². The van der Waals surface area contributed by atoms with Gasteiger partial charge in [-0.15, -0.1) is 0 Å². The first kappa shape index (κ1) is 13.0. The molecule has 4 heteroatoms. The lowest BCUT2D eigenvalue weighted by atomic mass is 10.3. The minimum atomic E-state index is 0.766. The van der Waals surface area contributed by atoms with Crippen molar-refractivity contribution in [3.05, 3.63) is 27.1 Å². The van der Waals surface area contributed by atoms with E-state index in [0.717, 1.165) is 40.7 Å². The van der Waals surface area contributed by atoms with Crippen LogP contribution in [-0.4, -0.2) is 20.2 Å². The maximum absolute atomic E-state index is 5.64. The fourth-order valence-electron chi connectivity index (χ4n) is 1.18. The predicted octanol–water partition coefficient (Wildman–Crippen LogP) is 3.59. The van der Waals surface area contributed by atoms with E-state index in [1.54, 1.807) is 0 Å². The second-order valence-corrected chi connectivity index (χ2v) is 5.00. The van der Waals surface area contributed by atoms with E-state index < -0.39 is 0 Å². The Bertz CT molecular complexity index is 305. The highest BCUT2D eigenvalue weighted by molar-refractivity contribution is 9.11. The van der Waals surface area contributed by atoms with Gasteiger partial charge in [-0.1, -0.05) is 15.9 Å². The van der Waals surface area contributed by atoms with Crippen molar-refractivity contribution in [2.24, 2.45) is 0 Å². The Morgan fingerprint density at radius 3 is 2.73 bits per heavy atom. The summed E-state index contributed by atoms with van der Waals surface area (Å²) in [6.45, 7) is 1.81. The van der Waals surface area contributed by atoms with Gasteiger partial charge in [-0.05, 0) is 60.6 Å². The average Bonchev–Trinajstić information content (AvgIpc) is 2.20. The van der Waals surface area contributed by atoms with Gasteiger partial charge in [0.2, 0.25) is 0 Å². The summed E-state index contributed by atoms with van der Waals surface area (Å²) in [6.07, 6.45) is 2.22. The van der Waals surface area contributed by atoms with E-state index in [0.29, 0.717) is 0 Å². The Hall–Kier alpha value is -0.0600. The van der Waals surface area contributed by atoms with Crippen LogP contribution in [0, 0.1) is 0 Å². The number of benzene rings is 1. The summed E-state index contributed by atoms with van der Waals surface area (Å²) in [5, 5.41) is 3.11. The number of hydrogen-bond acceptors (Lipinski definition) is 2. The van der Waals surface area contributed by atoms with Crippen LogP contribution in [0.3, 0.4) is 0 Å². The third-order valence-corrected chi connectivity index (χ3v) is 3.09. The molecule has 0 radical (unpaired) electrons. The molecule has 0 aliphatic rings. The maximum atomic E-state index is 5.64. The topological polar surface area (TPSA) is 21.3 Å². The second kappa shape index (κ2) is 7.25. The molecule has 0 saturated carbocycles. The highest BCUT2D eigenvalue weighted by Gasteiger charge is 2.00. The standard InChI is InChI=1S/C11H15Br2NO/c1-14-6-2-3-7-15-11-5-4-9(12)8-10(11)13/h4-5,8,14H,2-3,6-7H2,1H3. The Morgan fingerprint density at radius 1 is 1.27 bits per heavy atom. The summed E-state index contributed by atoms with van der Waals surface area (Å²) >= 11 is 6.87. The summed E-state index contributed by atoms with van der Waals surface area (Å²) in [4.78, 5) is 0. The Labute approximate surface area is 108 Å². The van der Waals surface area contributed by atoms with Gasteiger partial charge in [-0.3, -0.25) is 0 Å². The molecule has 0 aliphatic heterocycles. The molecular formula is C11H15Br2NO. The first-order valence-electron chi connectivity index (χ1n) is 4.96. The SMILES string of the molecule is CNCCCCOc1ccc(Br)cc1Br. The first-order chi connectivity index (χ1) is 7.24. The van der Waals surface area contributed by atoms with Crippen molar-refractivity contribution in [3.8, 4) is 5.75 Å². The van der Waals surface area contributed by atoms with Gasteiger partial charge in [0.05, 0.1) is 11.1 Å². The van der Waals surface area contributed by atoms with Gasteiger partial charge in [0.15, 0.2) is 0 Å². The highest BCUT2D eigenvalue weighted by Crippen LogP contribution is 2.28. The zero-order valence-electron chi connectivity index (χ0n) is 8.72. The molecule has 0 aliphatic carbocycles. The van der Waals surface area contributed by atoms with E-state index in [1.807, 2.05) is 25.2 Å². The second-order valence-electron chi connectivity index (χ2n) is 3.23. The molecule has 1 aromatic carbocycles. The molecule has 0 heterocycles. The first-order valence-corrected chi connectivity index (χ1v) is 6.55. The number of nitrogens with one attached hydrogen (secondary N) is 1. The molecule has 0 bridgehead atoms. The molecule has 0 saturated heterocycles. The molecule has 84 valence electrons. The van der Waals surface area contributed by atoms with Gasteiger partial charge in [-0.25, -0.2) is 0 Å². The van der Waals surface area contributed by atoms with Gasteiger partial charge in [0, 0.05) is 4.47 Å². The van der Waals surface area contributed by atoms with Gasteiger partial charge in [-0.2, -0.15) is 0 Å². The predicted molar refractivity (Wildman–Crippen MR) is 70.5 cm³/mol. The van der Waals surface area contributed by atoms with Gasteiger partial charge < -0.3 is 10.1 Å². The molecule has 1 N–H and O–H groups in total. The summed E-state index contributed by atoms with van der Waals surface area (Å²) in [6, 6.07) is 5.93. The number of ether oxygens (including phenoxy) is 1. The van der Waals surface area contributed by atoms with E-state index in [1.165, 1.54) is 0 Å². The molecule has 1 rings (SSSR count). The minimum Gasteiger partial charge on any atom is -0.492 e. The third kappa shape index (κ3) is 5.00. The molecular weight excluding hydrogens is 322 g/mol. The van der Waals surface area contributed by atoms with Crippen molar-refractivity contribution in [1.29, 1.82) is 0 Å². The average molecular weight is 337 g/mol. The minimum absolute atomic E-state index is 0.766. The molecule has 0 spiro atoms. The lowest BCUT2D eigenvalue weighted by Crippen LogP contribution is -2.09. The molecule has 2 nitrogen and oxygen atoms in total. The van der Waals surface area contributed by atoms with Crippen LogP contribution in [-0.2, 0) is 0 Å². The zero-order valence-corrected chi connectivity index (χ0v) is 11.9. The van der Waals surface area contributed by atoms with Crippen molar-refractivity contribution >= 4 is 31.9 Å². The van der Waals surface area contributed by atoms with E-state index in [9.17, 15) is 0 Å². The molecule has 0 atom stereocenters. The van der Waals surface area contributed by atoms with E-state index in [4.69, 9.17) is 4.74 Å². The van der Waals surface area contributed by atoms with E-state index in [2.05, 4.69) is 37.2 Å². The monoisotopic (exact) mass is 335 g/mol. The molecule has 0 aromatic heterocycles. The van der Waals surface area contributed by atoms with Crippen LogP contribution < -0.4 is 10.1 Å². The highest BCUT2D eigenvalue weighted by atomic mass is 79.9. The van der Waals surface area contributed by atoms with E-state index >= 15 is 0 Å². The third-order valence-electron chi connectivity index (χ3n) is 1.97. The smallest absolute Gasteiger partial charge is 0.133 e. The largest absolute Gasteiger partial charge is 0.492 e. The van der Waals surface area contributed by atoms with Gasteiger partial charge in [0.25, 0.3) is 0 Å². The van der Waals surface area contributed by atoms with Gasteiger partial charge >= 0.3 is 0 Å². The van der Waals surface area contributed by atoms with Crippen molar-refractivity contribution in [2.45, 2.75) is 12.8 Å². The maximum Gasteiger partial charge on any atom is 0.133 e. The molecule has 0 unspecified atom stereocenters.